The van der Waals surface area contributed by atoms with Gasteiger partial charge in [-0.3, -0.25) is 4.65 Å². The maximum atomic E-state index is 13.5. The molecule has 2 aromatic heterocycles. The minimum atomic E-state index is -0.948. The van der Waals surface area contributed by atoms with E-state index < -0.39 is 16.8 Å². The average molecular weight is 360 g/mol. The highest BCUT2D eigenvalue weighted by Gasteiger charge is 2.47. The van der Waals surface area contributed by atoms with E-state index in [2.05, 4.69) is 16.1 Å². The largest absolute Gasteiger partial charge is 0.622 e. The SMILES string of the molecule is C#CCN1CC(OC(=O)c2ccoc2)[N+]([O-])(c2nnc(C3CC3)s2)C1. The number of carbonyl (C=O) groups is 1. The predicted octanol–water partition coefficient (Wildman–Crippen LogP) is 1.90. The summed E-state index contributed by atoms with van der Waals surface area (Å²) in [6, 6.07) is 1.49. The van der Waals surface area contributed by atoms with Gasteiger partial charge >= 0.3 is 11.1 Å². The van der Waals surface area contributed by atoms with Gasteiger partial charge in [-0.2, -0.15) is 0 Å². The molecule has 2 aliphatic rings. The molecule has 0 spiro atoms. The molecule has 1 aliphatic carbocycles. The summed E-state index contributed by atoms with van der Waals surface area (Å²) in [5.41, 5.74) is 0.262. The molecule has 2 aromatic rings. The maximum Gasteiger partial charge on any atom is 0.345 e. The summed E-state index contributed by atoms with van der Waals surface area (Å²) in [5, 5.41) is 22.9. The molecule has 25 heavy (non-hydrogen) atoms. The van der Waals surface area contributed by atoms with Crippen molar-refractivity contribution < 1.29 is 13.9 Å². The lowest BCUT2D eigenvalue weighted by Gasteiger charge is -2.38. The van der Waals surface area contributed by atoms with Crippen molar-refractivity contribution in [3.63, 3.8) is 0 Å². The normalized spacial score (nSPS) is 26.5. The molecule has 8 nitrogen and oxygen atoms in total. The smallest absolute Gasteiger partial charge is 0.345 e. The Hall–Kier alpha value is -2.25. The van der Waals surface area contributed by atoms with Crippen LogP contribution < -0.4 is 4.65 Å². The van der Waals surface area contributed by atoms with Crippen molar-refractivity contribution in [1.29, 1.82) is 0 Å². The van der Waals surface area contributed by atoms with Crippen molar-refractivity contribution in [3.05, 3.63) is 34.4 Å². The van der Waals surface area contributed by atoms with Crippen LogP contribution in [0.3, 0.4) is 0 Å². The van der Waals surface area contributed by atoms with Gasteiger partial charge in [-0.15, -0.1) is 11.5 Å². The lowest BCUT2D eigenvalue weighted by Crippen LogP contribution is -2.50. The fourth-order valence-corrected chi connectivity index (χ4v) is 3.88. The highest BCUT2D eigenvalue weighted by atomic mass is 32.1. The van der Waals surface area contributed by atoms with E-state index in [4.69, 9.17) is 15.6 Å². The highest BCUT2D eigenvalue weighted by molar-refractivity contribution is 7.15. The minimum absolute atomic E-state index is 0.0762. The van der Waals surface area contributed by atoms with Gasteiger partial charge in [0.2, 0.25) is 0 Å². The molecule has 9 heteroatoms. The van der Waals surface area contributed by atoms with E-state index in [9.17, 15) is 10.0 Å². The molecule has 2 unspecified atom stereocenters. The number of carbonyl (C=O) groups excluding carboxylic acids is 1. The van der Waals surface area contributed by atoms with Crippen LogP contribution in [0.4, 0.5) is 5.13 Å². The third kappa shape index (κ3) is 3.05. The number of hydrogen-bond acceptors (Lipinski definition) is 8. The summed E-state index contributed by atoms with van der Waals surface area (Å²) in [6.45, 7) is 0.624. The molecule has 1 saturated carbocycles. The van der Waals surface area contributed by atoms with Crippen LogP contribution in [0.5, 0.6) is 0 Å². The summed E-state index contributed by atoms with van der Waals surface area (Å²) in [4.78, 5) is 14.0. The van der Waals surface area contributed by atoms with E-state index >= 15 is 0 Å². The molecule has 0 radical (unpaired) electrons. The Morgan fingerprint density at radius 2 is 2.40 bits per heavy atom. The zero-order valence-electron chi connectivity index (χ0n) is 13.3. The number of esters is 1. The van der Waals surface area contributed by atoms with Crippen molar-refractivity contribution in [1.82, 2.24) is 19.7 Å². The molecular weight excluding hydrogens is 344 g/mol. The topological polar surface area (TPSA) is 91.5 Å². The van der Waals surface area contributed by atoms with Crippen LogP contribution in [0.2, 0.25) is 0 Å². The molecule has 1 saturated heterocycles. The van der Waals surface area contributed by atoms with E-state index in [1.807, 2.05) is 0 Å². The zero-order valence-corrected chi connectivity index (χ0v) is 14.1. The van der Waals surface area contributed by atoms with Crippen LogP contribution in [0.15, 0.2) is 23.0 Å². The summed E-state index contributed by atoms with van der Waals surface area (Å²) >= 11 is 1.30. The van der Waals surface area contributed by atoms with Crippen molar-refractivity contribution in [3.8, 4) is 12.3 Å². The van der Waals surface area contributed by atoms with Crippen LogP contribution in [-0.2, 0) is 4.74 Å². The number of hydroxylamine groups is 2. The number of rotatable bonds is 5. The number of ether oxygens (including phenoxy) is 1. The van der Waals surface area contributed by atoms with Crippen molar-refractivity contribution in [2.75, 3.05) is 19.8 Å². The van der Waals surface area contributed by atoms with Crippen LogP contribution in [0.1, 0.15) is 34.1 Å². The third-order valence-corrected chi connectivity index (χ3v) is 5.48. The van der Waals surface area contributed by atoms with Gasteiger partial charge in [0.05, 0.1) is 24.9 Å². The van der Waals surface area contributed by atoms with Gasteiger partial charge < -0.3 is 14.4 Å². The fourth-order valence-electron chi connectivity index (χ4n) is 2.80. The zero-order chi connectivity index (χ0) is 17.4. The van der Waals surface area contributed by atoms with Gasteiger partial charge in [0.1, 0.15) is 17.9 Å². The Kier molecular flexibility index (Phi) is 4.05. The van der Waals surface area contributed by atoms with Gasteiger partial charge in [0.15, 0.2) is 0 Å². The van der Waals surface area contributed by atoms with E-state index in [1.165, 1.54) is 29.9 Å². The number of hydrogen-bond donors (Lipinski definition) is 0. The molecule has 2 fully saturated rings. The van der Waals surface area contributed by atoms with Gasteiger partial charge in [-0.1, -0.05) is 11.0 Å². The average Bonchev–Trinajstić information content (AvgIpc) is 3.03. The Bertz CT molecular complexity index is 810. The van der Waals surface area contributed by atoms with Gasteiger partial charge in [-0.05, 0) is 30.2 Å². The second-order valence-corrected chi connectivity index (χ2v) is 7.21. The highest BCUT2D eigenvalue weighted by Crippen LogP contribution is 2.44. The summed E-state index contributed by atoms with van der Waals surface area (Å²) in [5.74, 6) is 2.33. The molecule has 3 heterocycles. The predicted molar refractivity (Wildman–Crippen MR) is 90.2 cm³/mol. The summed E-state index contributed by atoms with van der Waals surface area (Å²) < 4.78 is 9.49. The molecular formula is C16H16N4O4S. The number of furan rings is 1. The molecule has 0 bridgehead atoms. The molecule has 1 aliphatic heterocycles. The summed E-state index contributed by atoms with van der Waals surface area (Å²) in [7, 11) is 0. The van der Waals surface area contributed by atoms with Crippen molar-refractivity contribution in [2.24, 2.45) is 0 Å². The Morgan fingerprint density at radius 3 is 3.08 bits per heavy atom. The van der Waals surface area contributed by atoms with Crippen LogP contribution >= 0.6 is 11.3 Å². The van der Waals surface area contributed by atoms with Gasteiger partial charge in [0.25, 0.3) is 6.23 Å². The Labute approximate surface area is 148 Å². The molecule has 0 aromatic carbocycles. The number of quaternary nitrogens is 1. The van der Waals surface area contributed by atoms with Gasteiger partial charge in [0, 0.05) is 5.92 Å². The molecule has 0 N–H and O–H groups in total. The van der Waals surface area contributed by atoms with E-state index in [0.717, 1.165) is 17.8 Å². The number of aromatic nitrogens is 2. The first kappa shape index (κ1) is 16.2. The quantitative estimate of drug-likeness (QED) is 0.348. The Balaban J connectivity index is 1.59. The lowest BCUT2D eigenvalue weighted by atomic mass is 10.3. The minimum Gasteiger partial charge on any atom is -0.622 e. The first-order chi connectivity index (χ1) is 12.1. The van der Waals surface area contributed by atoms with Gasteiger partial charge in [-0.25, -0.2) is 9.69 Å². The molecule has 0 amide bonds. The van der Waals surface area contributed by atoms with E-state index in [0.29, 0.717) is 17.6 Å². The maximum absolute atomic E-state index is 13.5. The first-order valence-corrected chi connectivity index (χ1v) is 8.73. The summed E-state index contributed by atoms with van der Waals surface area (Å²) in [6.07, 6.45) is 9.24. The van der Waals surface area contributed by atoms with Crippen LogP contribution in [0, 0.1) is 17.6 Å². The standard InChI is InChI=1S/C16H16N4O4S/c1-2-6-19-8-13(24-15(21)12-5-7-23-9-12)20(22,10-19)16-18-17-14(25-16)11-3-4-11/h1,5,7,9,11,13H,3-4,6,8,10H2. The second kappa shape index (κ2) is 6.24. The van der Waals surface area contributed by atoms with Crippen molar-refractivity contribution in [2.45, 2.75) is 25.0 Å². The van der Waals surface area contributed by atoms with Crippen LogP contribution in [-0.4, -0.2) is 47.1 Å². The molecule has 4 rings (SSSR count). The Morgan fingerprint density at radius 1 is 1.56 bits per heavy atom. The number of terminal acetylenes is 1. The molecule has 2 atom stereocenters. The second-order valence-electron chi connectivity index (χ2n) is 6.22. The molecule has 130 valence electrons. The monoisotopic (exact) mass is 360 g/mol. The number of nitrogens with zero attached hydrogens (tertiary/aromatic N) is 4. The first-order valence-electron chi connectivity index (χ1n) is 7.92. The van der Waals surface area contributed by atoms with Crippen molar-refractivity contribution >= 4 is 22.4 Å². The third-order valence-electron chi connectivity index (χ3n) is 4.28. The van der Waals surface area contributed by atoms with E-state index in [-0.39, 0.29) is 18.8 Å². The van der Waals surface area contributed by atoms with E-state index in [1.54, 1.807) is 4.90 Å². The van der Waals surface area contributed by atoms with Crippen LogP contribution in [0.25, 0.3) is 0 Å². The fraction of sp³-hybridized carbons (Fsp3) is 0.438. The lowest BCUT2D eigenvalue weighted by molar-refractivity contribution is 0.00549.